The molecule has 0 bridgehead atoms. The molecule has 0 aliphatic rings. The van der Waals surface area contributed by atoms with Crippen LogP contribution in [0.2, 0.25) is 0 Å². The summed E-state index contributed by atoms with van der Waals surface area (Å²) < 4.78 is 0. The zero-order valence-corrected chi connectivity index (χ0v) is 10.7. The fraction of sp³-hybridized carbons (Fsp3) is 0.364. The predicted octanol–water partition coefficient (Wildman–Crippen LogP) is 3.38. The average Bonchev–Trinajstić information content (AvgIpc) is 2.05. The molecule has 0 nitrogen and oxygen atoms in total. The van der Waals surface area contributed by atoms with E-state index in [-0.39, 0.29) is 32.7 Å². The maximum atomic E-state index is 3.85. The molecular formula is C11H15Y-. The zero-order chi connectivity index (χ0) is 8.27. The minimum atomic E-state index is 0. The minimum Gasteiger partial charge on any atom is -0.199 e. The van der Waals surface area contributed by atoms with Gasteiger partial charge in [0.25, 0.3) is 0 Å². The van der Waals surface area contributed by atoms with Crippen LogP contribution < -0.4 is 0 Å². The summed E-state index contributed by atoms with van der Waals surface area (Å²) in [5.74, 6) is 0.676. The van der Waals surface area contributed by atoms with Gasteiger partial charge in [-0.25, -0.2) is 0 Å². The van der Waals surface area contributed by atoms with E-state index >= 15 is 0 Å². The smallest absolute Gasteiger partial charge is 0 e. The van der Waals surface area contributed by atoms with Crippen molar-refractivity contribution in [2.75, 3.05) is 0 Å². The average molecular weight is 236 g/mol. The Balaban J connectivity index is 0.00000121. The normalized spacial score (nSPS) is 11.8. The van der Waals surface area contributed by atoms with Crippen LogP contribution in [0, 0.1) is 6.92 Å². The summed E-state index contributed by atoms with van der Waals surface area (Å²) in [7, 11) is 0. The predicted molar refractivity (Wildman–Crippen MR) is 49.6 cm³/mol. The molecule has 0 N–H and O–H groups in total. The van der Waals surface area contributed by atoms with Gasteiger partial charge < -0.3 is 0 Å². The molecule has 1 radical (unpaired) electrons. The Morgan fingerprint density at radius 2 is 1.75 bits per heavy atom. The van der Waals surface area contributed by atoms with E-state index in [0.717, 1.165) is 5.56 Å². The van der Waals surface area contributed by atoms with Crippen molar-refractivity contribution in [1.82, 2.24) is 0 Å². The van der Waals surface area contributed by atoms with E-state index in [1.807, 2.05) is 0 Å². The van der Waals surface area contributed by atoms with Crippen molar-refractivity contribution >= 4 is 0 Å². The number of rotatable bonds is 2. The molecule has 1 heteroatoms. The van der Waals surface area contributed by atoms with Crippen LogP contribution in [0.15, 0.2) is 24.3 Å². The van der Waals surface area contributed by atoms with Crippen LogP contribution in [-0.4, -0.2) is 0 Å². The second-order valence-corrected chi connectivity index (χ2v) is 3.05. The summed E-state index contributed by atoms with van der Waals surface area (Å²) in [6.07, 6.45) is 1.20. The Morgan fingerprint density at radius 3 is 2.17 bits per heavy atom. The SMILES string of the molecule is [CH2-]c1ccc(C(C)CC)cc1.[Y]. The van der Waals surface area contributed by atoms with Gasteiger partial charge in [-0.2, -0.15) is 24.6 Å². The number of hydrogen-bond acceptors (Lipinski definition) is 0. The molecule has 0 saturated carbocycles. The van der Waals surface area contributed by atoms with Gasteiger partial charge in [0.1, 0.15) is 0 Å². The summed E-state index contributed by atoms with van der Waals surface area (Å²) in [6.45, 7) is 8.31. The van der Waals surface area contributed by atoms with Crippen LogP contribution in [0.3, 0.4) is 0 Å². The molecule has 0 aromatic heterocycles. The Hall–Kier alpha value is 0.194. The third-order valence-electron chi connectivity index (χ3n) is 2.16. The first-order chi connectivity index (χ1) is 5.24. The van der Waals surface area contributed by atoms with E-state index in [0.29, 0.717) is 5.92 Å². The summed E-state index contributed by atoms with van der Waals surface area (Å²) >= 11 is 0. The van der Waals surface area contributed by atoms with Crippen molar-refractivity contribution in [3.8, 4) is 0 Å². The van der Waals surface area contributed by atoms with Gasteiger partial charge in [0, 0.05) is 32.7 Å². The molecule has 0 saturated heterocycles. The molecule has 0 aliphatic carbocycles. The van der Waals surface area contributed by atoms with Crippen LogP contribution in [0.5, 0.6) is 0 Å². The van der Waals surface area contributed by atoms with Crippen molar-refractivity contribution < 1.29 is 32.7 Å². The fourth-order valence-electron chi connectivity index (χ4n) is 1.08. The van der Waals surface area contributed by atoms with Crippen LogP contribution in [-0.2, 0) is 32.7 Å². The van der Waals surface area contributed by atoms with E-state index < -0.39 is 0 Å². The molecule has 0 amide bonds. The first kappa shape index (κ1) is 12.2. The fourth-order valence-corrected chi connectivity index (χ4v) is 1.08. The minimum absolute atomic E-state index is 0. The number of benzene rings is 1. The van der Waals surface area contributed by atoms with Gasteiger partial charge in [-0.1, -0.05) is 19.4 Å². The maximum Gasteiger partial charge on any atom is 0 e. The molecular weight excluding hydrogens is 221 g/mol. The van der Waals surface area contributed by atoms with Crippen molar-refractivity contribution in [3.63, 3.8) is 0 Å². The molecule has 1 aromatic rings. The van der Waals surface area contributed by atoms with Crippen molar-refractivity contribution in [1.29, 1.82) is 0 Å². The molecule has 0 aliphatic heterocycles. The molecule has 1 rings (SSSR count). The van der Waals surface area contributed by atoms with Gasteiger partial charge in [-0.3, -0.25) is 0 Å². The largest absolute Gasteiger partial charge is 0.199 e. The molecule has 12 heavy (non-hydrogen) atoms. The maximum absolute atomic E-state index is 3.85. The first-order valence-corrected chi connectivity index (χ1v) is 4.16. The molecule has 1 unspecified atom stereocenters. The van der Waals surface area contributed by atoms with E-state index in [9.17, 15) is 0 Å². The third-order valence-corrected chi connectivity index (χ3v) is 2.16. The Bertz CT molecular complexity index is 213. The van der Waals surface area contributed by atoms with E-state index in [1.54, 1.807) is 0 Å². The van der Waals surface area contributed by atoms with Gasteiger partial charge in [0.15, 0.2) is 0 Å². The Labute approximate surface area is 101 Å². The van der Waals surface area contributed by atoms with Crippen LogP contribution in [0.1, 0.15) is 37.3 Å². The van der Waals surface area contributed by atoms with Crippen molar-refractivity contribution in [2.24, 2.45) is 0 Å². The van der Waals surface area contributed by atoms with E-state index in [2.05, 4.69) is 45.0 Å². The topological polar surface area (TPSA) is 0 Å². The van der Waals surface area contributed by atoms with Crippen molar-refractivity contribution in [2.45, 2.75) is 26.2 Å². The van der Waals surface area contributed by atoms with Gasteiger partial charge in [0.05, 0.1) is 0 Å². The van der Waals surface area contributed by atoms with Crippen LogP contribution in [0.4, 0.5) is 0 Å². The molecule has 1 aromatic carbocycles. The Kier molecular flexibility index (Phi) is 5.87. The van der Waals surface area contributed by atoms with E-state index in [1.165, 1.54) is 12.0 Å². The van der Waals surface area contributed by atoms with Gasteiger partial charge in [-0.05, 0) is 12.3 Å². The monoisotopic (exact) mass is 236 g/mol. The van der Waals surface area contributed by atoms with Crippen molar-refractivity contribution in [3.05, 3.63) is 42.3 Å². The summed E-state index contributed by atoms with van der Waals surface area (Å²) in [4.78, 5) is 0. The van der Waals surface area contributed by atoms with Gasteiger partial charge in [0.2, 0.25) is 0 Å². The molecule has 0 spiro atoms. The summed E-state index contributed by atoms with van der Waals surface area (Å²) in [5.41, 5.74) is 2.51. The second kappa shape index (κ2) is 5.77. The molecule has 0 fully saturated rings. The van der Waals surface area contributed by atoms with Crippen LogP contribution in [0.25, 0.3) is 0 Å². The standard InChI is InChI=1S/C11H15.Y/c1-4-10(3)11-7-5-9(2)6-8-11;/h5-8,10H,2,4H2,1,3H3;/q-1;. The quantitative estimate of drug-likeness (QED) is 0.690. The van der Waals surface area contributed by atoms with Gasteiger partial charge in [-0.15, -0.1) is 12.1 Å². The third kappa shape index (κ3) is 3.29. The van der Waals surface area contributed by atoms with Crippen LogP contribution >= 0.6 is 0 Å². The summed E-state index contributed by atoms with van der Waals surface area (Å²) in [6, 6.07) is 8.47. The zero-order valence-electron chi connectivity index (χ0n) is 7.88. The molecule has 63 valence electrons. The second-order valence-electron chi connectivity index (χ2n) is 3.05. The summed E-state index contributed by atoms with van der Waals surface area (Å²) in [5, 5.41) is 0. The number of hydrogen-bond donors (Lipinski definition) is 0. The first-order valence-electron chi connectivity index (χ1n) is 4.16. The Morgan fingerprint density at radius 1 is 1.25 bits per heavy atom. The van der Waals surface area contributed by atoms with Gasteiger partial charge >= 0.3 is 0 Å². The molecule has 0 heterocycles. The molecule has 1 atom stereocenters. The van der Waals surface area contributed by atoms with E-state index in [4.69, 9.17) is 0 Å².